The molecule has 0 bridgehead atoms. The number of aliphatic hydroxyl groups is 3. The van der Waals surface area contributed by atoms with Crippen LogP contribution < -0.4 is 11.1 Å². The fourth-order valence-electron chi connectivity index (χ4n) is 1.61. The zero-order chi connectivity index (χ0) is 11.4. The molecule has 1 saturated heterocycles. The average molecular weight is 220 g/mol. The first-order valence-electron chi connectivity index (χ1n) is 5.23. The molecule has 15 heavy (non-hydrogen) atoms. The first-order chi connectivity index (χ1) is 7.11. The third-order valence-corrected chi connectivity index (χ3v) is 2.57. The van der Waals surface area contributed by atoms with Crippen molar-refractivity contribution >= 4 is 0 Å². The molecule has 6 N–H and O–H groups in total. The number of aliphatic hydroxyl groups excluding tert-OH is 3. The van der Waals surface area contributed by atoms with Crippen LogP contribution in [0.4, 0.5) is 0 Å². The lowest BCUT2D eigenvalue weighted by Gasteiger charge is -2.41. The predicted octanol–water partition coefficient (Wildman–Crippen LogP) is -2.25. The second-order valence-corrected chi connectivity index (χ2v) is 3.79. The molecule has 0 aromatic heterocycles. The quantitative estimate of drug-likeness (QED) is 0.366. The van der Waals surface area contributed by atoms with E-state index in [1.165, 1.54) is 0 Å². The van der Waals surface area contributed by atoms with Gasteiger partial charge in [0.15, 0.2) is 0 Å². The Hall–Kier alpha value is -0.240. The molecule has 1 rings (SSSR count). The molecule has 6 nitrogen and oxygen atoms in total. The molecule has 0 spiro atoms. The van der Waals surface area contributed by atoms with Crippen molar-refractivity contribution in [3.05, 3.63) is 0 Å². The van der Waals surface area contributed by atoms with Gasteiger partial charge in [-0.05, 0) is 13.0 Å². The third kappa shape index (κ3) is 2.87. The summed E-state index contributed by atoms with van der Waals surface area (Å²) in [5.74, 6) is 0. The number of rotatable bonds is 4. The molecule has 90 valence electrons. The van der Waals surface area contributed by atoms with Gasteiger partial charge in [0, 0.05) is 0 Å². The smallest absolute Gasteiger partial charge is 0.126 e. The van der Waals surface area contributed by atoms with Gasteiger partial charge in [-0.1, -0.05) is 6.92 Å². The van der Waals surface area contributed by atoms with E-state index in [2.05, 4.69) is 5.32 Å². The molecule has 0 aromatic rings. The third-order valence-electron chi connectivity index (χ3n) is 2.57. The number of ether oxygens (including phenoxy) is 1. The molecule has 5 atom stereocenters. The molecule has 0 aromatic carbocycles. The summed E-state index contributed by atoms with van der Waals surface area (Å²) in [6.07, 6.45) is -2.61. The molecule has 0 unspecified atom stereocenters. The van der Waals surface area contributed by atoms with Crippen molar-refractivity contribution in [2.45, 2.75) is 43.9 Å². The minimum absolute atomic E-state index is 0.338. The number of nitrogens with two attached hydrogens (primary N) is 1. The van der Waals surface area contributed by atoms with Crippen LogP contribution in [0.15, 0.2) is 0 Å². The van der Waals surface area contributed by atoms with Crippen molar-refractivity contribution < 1.29 is 20.1 Å². The number of hydrogen-bond acceptors (Lipinski definition) is 6. The summed E-state index contributed by atoms with van der Waals surface area (Å²) in [5.41, 5.74) is 5.69. The van der Waals surface area contributed by atoms with E-state index in [4.69, 9.17) is 15.6 Å². The molecule has 0 radical (unpaired) electrons. The Balaban J connectivity index is 2.57. The van der Waals surface area contributed by atoms with Crippen LogP contribution in [0.1, 0.15) is 13.3 Å². The van der Waals surface area contributed by atoms with Gasteiger partial charge in [-0.15, -0.1) is 0 Å². The molecule has 6 heteroatoms. The Morgan fingerprint density at radius 1 is 1.33 bits per heavy atom. The Morgan fingerprint density at radius 2 is 2.00 bits per heavy atom. The van der Waals surface area contributed by atoms with Crippen molar-refractivity contribution in [2.75, 3.05) is 13.2 Å². The second kappa shape index (κ2) is 5.74. The molecule has 0 aliphatic carbocycles. The van der Waals surface area contributed by atoms with E-state index < -0.39 is 30.6 Å². The lowest BCUT2D eigenvalue weighted by molar-refractivity contribution is -0.196. The maximum Gasteiger partial charge on any atom is 0.126 e. The summed E-state index contributed by atoms with van der Waals surface area (Å²) in [5, 5.41) is 31.1. The highest BCUT2D eigenvalue weighted by Crippen LogP contribution is 2.18. The summed E-state index contributed by atoms with van der Waals surface area (Å²) in [7, 11) is 0. The van der Waals surface area contributed by atoms with Gasteiger partial charge in [-0.2, -0.15) is 0 Å². The molecule has 1 aliphatic rings. The van der Waals surface area contributed by atoms with Crippen LogP contribution in [-0.4, -0.2) is 59.1 Å². The molecule has 1 fully saturated rings. The van der Waals surface area contributed by atoms with Crippen molar-refractivity contribution in [1.82, 2.24) is 5.32 Å². The maximum absolute atomic E-state index is 9.61. The van der Waals surface area contributed by atoms with Crippen molar-refractivity contribution in [2.24, 2.45) is 5.73 Å². The van der Waals surface area contributed by atoms with E-state index in [-0.39, 0.29) is 6.61 Å². The fraction of sp³-hybridized carbons (Fsp3) is 1.00. The molecule has 0 amide bonds. The molecule has 1 heterocycles. The highest BCUT2D eigenvalue weighted by Gasteiger charge is 2.41. The van der Waals surface area contributed by atoms with E-state index in [0.717, 1.165) is 6.42 Å². The lowest BCUT2D eigenvalue weighted by Crippen LogP contribution is -2.65. The van der Waals surface area contributed by atoms with E-state index in [9.17, 15) is 10.2 Å². The van der Waals surface area contributed by atoms with Crippen LogP contribution in [0, 0.1) is 0 Å². The zero-order valence-corrected chi connectivity index (χ0v) is 8.84. The largest absolute Gasteiger partial charge is 0.394 e. The number of nitrogens with one attached hydrogen (secondary N) is 1. The van der Waals surface area contributed by atoms with Gasteiger partial charge in [0.05, 0.1) is 12.6 Å². The highest BCUT2D eigenvalue weighted by molar-refractivity contribution is 4.93. The van der Waals surface area contributed by atoms with Crippen molar-refractivity contribution in [3.8, 4) is 0 Å². The normalized spacial score (nSPS) is 41.8. The van der Waals surface area contributed by atoms with E-state index in [0.29, 0.717) is 6.54 Å². The predicted molar refractivity (Wildman–Crippen MR) is 54.0 cm³/mol. The summed E-state index contributed by atoms with van der Waals surface area (Å²) in [6.45, 7) is 2.37. The van der Waals surface area contributed by atoms with Crippen molar-refractivity contribution in [1.29, 1.82) is 0 Å². The van der Waals surface area contributed by atoms with Gasteiger partial charge in [-0.25, -0.2) is 0 Å². The monoisotopic (exact) mass is 220 g/mol. The van der Waals surface area contributed by atoms with Crippen LogP contribution >= 0.6 is 0 Å². The van der Waals surface area contributed by atoms with Gasteiger partial charge in [0.25, 0.3) is 0 Å². The van der Waals surface area contributed by atoms with Gasteiger partial charge in [-0.3, -0.25) is 5.32 Å². The topological polar surface area (TPSA) is 108 Å². The second-order valence-electron chi connectivity index (χ2n) is 3.79. The van der Waals surface area contributed by atoms with Crippen molar-refractivity contribution in [3.63, 3.8) is 0 Å². The first kappa shape index (κ1) is 12.8. The summed E-state index contributed by atoms with van der Waals surface area (Å²) < 4.78 is 5.34. The maximum atomic E-state index is 9.61. The van der Waals surface area contributed by atoms with Gasteiger partial charge in [0.2, 0.25) is 0 Å². The minimum atomic E-state index is -1.13. The van der Waals surface area contributed by atoms with Crippen LogP contribution in [0.5, 0.6) is 0 Å². The standard InChI is InChI=1S/C9H20N2O4/c1-2-3-11-9-6(10)8(14)7(13)5(4-12)15-9/h5-9,11-14H,2-4,10H2,1H3/t5-,6+,7-,8-,9-/m1/s1. The van der Waals surface area contributed by atoms with E-state index in [1.807, 2.05) is 6.92 Å². The van der Waals surface area contributed by atoms with E-state index >= 15 is 0 Å². The molecule has 1 aliphatic heterocycles. The Labute approximate surface area is 89.0 Å². The summed E-state index contributed by atoms with van der Waals surface area (Å²) >= 11 is 0. The Bertz CT molecular complexity index is 191. The van der Waals surface area contributed by atoms with E-state index in [1.54, 1.807) is 0 Å². The number of hydrogen-bond donors (Lipinski definition) is 5. The summed E-state index contributed by atoms with van der Waals surface area (Å²) in [4.78, 5) is 0. The van der Waals surface area contributed by atoms with Gasteiger partial charge < -0.3 is 25.8 Å². The SMILES string of the molecule is CCCN[C@@H]1O[C@H](CO)[C@@H](O)[C@H](O)[C@@H]1N. The van der Waals surface area contributed by atoms with Crippen LogP contribution in [0.3, 0.4) is 0 Å². The van der Waals surface area contributed by atoms with Crippen LogP contribution in [-0.2, 0) is 4.74 Å². The Morgan fingerprint density at radius 3 is 2.53 bits per heavy atom. The van der Waals surface area contributed by atoms with Gasteiger partial charge >= 0.3 is 0 Å². The average Bonchev–Trinajstić information content (AvgIpc) is 2.25. The minimum Gasteiger partial charge on any atom is -0.394 e. The lowest BCUT2D eigenvalue weighted by atomic mass is 9.97. The molecular formula is C9H20N2O4. The molecule has 0 saturated carbocycles. The summed E-state index contributed by atoms with van der Waals surface area (Å²) in [6, 6.07) is -0.686. The first-order valence-corrected chi connectivity index (χ1v) is 5.23. The Kier molecular flexibility index (Phi) is 4.91. The van der Waals surface area contributed by atoms with Crippen LogP contribution in [0.25, 0.3) is 0 Å². The zero-order valence-electron chi connectivity index (χ0n) is 8.84. The highest BCUT2D eigenvalue weighted by atomic mass is 16.5. The molecular weight excluding hydrogens is 200 g/mol. The van der Waals surface area contributed by atoms with Gasteiger partial charge in [0.1, 0.15) is 24.5 Å². The fourth-order valence-corrected chi connectivity index (χ4v) is 1.61. The van der Waals surface area contributed by atoms with Crippen LogP contribution in [0.2, 0.25) is 0 Å².